The number of carbonyl (C=O) groups is 1. The molecule has 0 atom stereocenters. The van der Waals surface area contributed by atoms with E-state index in [1.807, 2.05) is 56.3 Å². The van der Waals surface area contributed by atoms with E-state index in [0.29, 0.717) is 17.0 Å². The van der Waals surface area contributed by atoms with Crippen LogP contribution < -0.4 is 10.9 Å². The Kier molecular flexibility index (Phi) is 5.92. The van der Waals surface area contributed by atoms with Crippen molar-refractivity contribution < 1.29 is 14.4 Å². The fourth-order valence-electron chi connectivity index (χ4n) is 7.18. The minimum absolute atomic E-state index is 0.0785. The number of nitrogens with zero attached hydrogens (tertiary/aromatic N) is 4. The van der Waals surface area contributed by atoms with Gasteiger partial charge < -0.3 is 14.9 Å². The summed E-state index contributed by atoms with van der Waals surface area (Å²) < 4.78 is 7.09. The van der Waals surface area contributed by atoms with Crippen LogP contribution in [-0.2, 0) is 6.54 Å². The van der Waals surface area contributed by atoms with Crippen LogP contribution >= 0.6 is 0 Å². The first-order valence-corrected chi connectivity index (χ1v) is 14.4. The lowest BCUT2D eigenvalue weighted by Crippen LogP contribution is -2.55. The summed E-state index contributed by atoms with van der Waals surface area (Å²) in [5.74, 6) is 0.820. The fourth-order valence-corrected chi connectivity index (χ4v) is 7.18. The number of H-pyrrole nitrogens is 1. The fraction of sp³-hybridized carbons (Fsp3) is 0.406. The number of hydrogen-bond acceptors (Lipinski definition) is 7. The number of aromatic nitrogens is 5. The van der Waals surface area contributed by atoms with Crippen LogP contribution in [-0.4, -0.2) is 47.8 Å². The zero-order valence-corrected chi connectivity index (χ0v) is 24.2. The van der Waals surface area contributed by atoms with E-state index in [2.05, 4.69) is 25.8 Å². The molecule has 0 saturated heterocycles. The molecule has 0 bridgehead atoms. The third kappa shape index (κ3) is 4.41. The van der Waals surface area contributed by atoms with Gasteiger partial charge in [0.1, 0.15) is 5.76 Å². The number of hydrogen-bond donors (Lipinski definition) is 3. The molecule has 2 aromatic carbocycles. The number of rotatable bonds is 6. The molecule has 0 aliphatic heterocycles. The maximum atomic E-state index is 13.5. The van der Waals surface area contributed by atoms with Crippen LogP contribution in [0.4, 0.5) is 0 Å². The minimum atomic E-state index is -1.02. The van der Waals surface area contributed by atoms with Crippen molar-refractivity contribution in [1.29, 1.82) is 0 Å². The monoisotopic (exact) mass is 566 g/mol. The number of nitrogens with one attached hydrogen (secondary N) is 2. The molecule has 1 amide bonds. The van der Waals surface area contributed by atoms with Crippen molar-refractivity contribution in [2.24, 2.45) is 5.41 Å². The highest BCUT2D eigenvalue weighted by atomic mass is 16.5. The average molecular weight is 567 g/mol. The summed E-state index contributed by atoms with van der Waals surface area (Å²) in [5.41, 5.74) is 3.75. The molecular weight excluding hydrogens is 532 g/mol. The average Bonchev–Trinajstić information content (AvgIpc) is 3.43. The van der Waals surface area contributed by atoms with Gasteiger partial charge in [-0.3, -0.25) is 14.3 Å². The van der Waals surface area contributed by atoms with Gasteiger partial charge in [0.15, 0.2) is 5.69 Å². The zero-order chi connectivity index (χ0) is 29.4. The van der Waals surface area contributed by atoms with Gasteiger partial charge in [0.2, 0.25) is 0 Å². The van der Waals surface area contributed by atoms with E-state index in [9.17, 15) is 14.7 Å². The first kappa shape index (κ1) is 26.6. The molecule has 5 aromatic rings. The highest BCUT2D eigenvalue weighted by Gasteiger charge is 2.54. The summed E-state index contributed by atoms with van der Waals surface area (Å²) in [4.78, 5) is 25.7. The van der Waals surface area contributed by atoms with Crippen molar-refractivity contribution in [2.45, 2.75) is 77.5 Å². The second-order valence-electron chi connectivity index (χ2n) is 12.9. The summed E-state index contributed by atoms with van der Waals surface area (Å²) in [5, 5.41) is 31.9. The van der Waals surface area contributed by atoms with Gasteiger partial charge in [-0.1, -0.05) is 29.4 Å². The van der Waals surface area contributed by atoms with Gasteiger partial charge in [-0.2, -0.15) is 10.2 Å². The Morgan fingerprint density at radius 2 is 1.86 bits per heavy atom. The second kappa shape index (κ2) is 9.35. The van der Waals surface area contributed by atoms with Crippen molar-refractivity contribution in [2.75, 3.05) is 0 Å². The maximum absolute atomic E-state index is 13.5. The lowest BCUT2D eigenvalue weighted by Gasteiger charge is -2.57. The normalized spacial score (nSPS) is 21.9. The Bertz CT molecular complexity index is 1890. The Hall–Kier alpha value is -4.31. The SMILES string of the molecule is Cc1noc(C)c1-c1ccc2c(C(=O)NC3CC4(C3)CC(c3n[nH]c(=O)c5ccccc35)C4)nn(CC(C)(C)O)c2c1. The predicted molar refractivity (Wildman–Crippen MR) is 158 cm³/mol. The molecule has 216 valence electrons. The molecule has 42 heavy (non-hydrogen) atoms. The molecule has 2 aliphatic rings. The van der Waals surface area contributed by atoms with E-state index in [0.717, 1.165) is 70.2 Å². The lowest BCUT2D eigenvalue weighted by atomic mass is 9.49. The molecule has 10 heteroatoms. The van der Waals surface area contributed by atoms with E-state index in [1.54, 1.807) is 18.5 Å². The van der Waals surface area contributed by atoms with Crippen molar-refractivity contribution in [1.82, 2.24) is 30.5 Å². The van der Waals surface area contributed by atoms with E-state index in [1.165, 1.54) is 0 Å². The standard InChI is InChI=1S/C32H34N6O4/c1-17-26(18(2)42-37-17)19-9-10-24-25(11-19)38(16-31(3,4)41)36-28(24)30(40)33-21-14-32(15-21)12-20(13-32)27-22-7-5-6-8-23(22)29(39)35-34-27/h5-11,20-21,41H,12-16H2,1-4H3,(H,33,40)(H,35,39). The third-order valence-electron chi connectivity index (χ3n) is 8.99. The van der Waals surface area contributed by atoms with Gasteiger partial charge in [0, 0.05) is 28.3 Å². The number of carbonyl (C=O) groups excluding carboxylic acids is 1. The molecule has 3 heterocycles. The van der Waals surface area contributed by atoms with Gasteiger partial charge in [-0.15, -0.1) is 0 Å². The third-order valence-corrected chi connectivity index (χ3v) is 8.99. The number of benzene rings is 2. The highest BCUT2D eigenvalue weighted by molar-refractivity contribution is 6.06. The summed E-state index contributed by atoms with van der Waals surface area (Å²) in [6.45, 7) is 7.47. The summed E-state index contributed by atoms with van der Waals surface area (Å²) >= 11 is 0. The Balaban J connectivity index is 1.08. The van der Waals surface area contributed by atoms with Gasteiger partial charge in [-0.05, 0) is 82.6 Å². The molecular formula is C32H34N6O4. The summed E-state index contributed by atoms with van der Waals surface area (Å²) in [7, 11) is 0. The van der Waals surface area contributed by atoms with Crippen LogP contribution in [0.2, 0.25) is 0 Å². The molecule has 0 unspecified atom stereocenters. The number of aliphatic hydroxyl groups is 1. The first-order valence-electron chi connectivity index (χ1n) is 14.4. The predicted octanol–water partition coefficient (Wildman–Crippen LogP) is 4.77. The van der Waals surface area contributed by atoms with Crippen molar-refractivity contribution in [3.63, 3.8) is 0 Å². The number of amides is 1. The highest BCUT2D eigenvalue weighted by Crippen LogP contribution is 2.62. The van der Waals surface area contributed by atoms with Crippen LogP contribution in [0, 0.1) is 19.3 Å². The van der Waals surface area contributed by atoms with Gasteiger partial charge in [0.05, 0.1) is 34.4 Å². The van der Waals surface area contributed by atoms with Crippen molar-refractivity contribution in [3.8, 4) is 11.1 Å². The first-order chi connectivity index (χ1) is 20.0. The smallest absolute Gasteiger partial charge is 0.272 e. The number of fused-ring (bicyclic) bond motifs is 2. The number of aryl methyl sites for hydroxylation is 2. The van der Waals surface area contributed by atoms with Gasteiger partial charge in [0.25, 0.3) is 11.5 Å². The molecule has 3 aromatic heterocycles. The summed E-state index contributed by atoms with van der Waals surface area (Å²) in [6.07, 6.45) is 3.82. The Morgan fingerprint density at radius 1 is 1.12 bits per heavy atom. The molecule has 7 rings (SSSR count). The van der Waals surface area contributed by atoms with E-state index in [-0.39, 0.29) is 29.5 Å². The molecule has 1 spiro atoms. The number of aromatic amines is 1. The maximum Gasteiger partial charge on any atom is 0.272 e. The van der Waals surface area contributed by atoms with E-state index in [4.69, 9.17) is 4.52 Å². The molecule has 2 aliphatic carbocycles. The Morgan fingerprint density at radius 3 is 2.55 bits per heavy atom. The molecule has 3 N–H and O–H groups in total. The molecule has 2 saturated carbocycles. The molecule has 10 nitrogen and oxygen atoms in total. The Labute approximate surface area is 242 Å². The topological polar surface area (TPSA) is 139 Å². The van der Waals surface area contributed by atoms with Crippen molar-refractivity contribution in [3.05, 3.63) is 75.7 Å². The van der Waals surface area contributed by atoms with Crippen LogP contribution in [0.5, 0.6) is 0 Å². The van der Waals surface area contributed by atoms with Crippen molar-refractivity contribution >= 4 is 27.6 Å². The van der Waals surface area contributed by atoms with Gasteiger partial charge in [-0.25, -0.2) is 5.10 Å². The zero-order valence-electron chi connectivity index (χ0n) is 24.2. The largest absolute Gasteiger partial charge is 0.389 e. The van der Waals surface area contributed by atoms with E-state index >= 15 is 0 Å². The van der Waals surface area contributed by atoms with Gasteiger partial charge >= 0.3 is 0 Å². The lowest BCUT2D eigenvalue weighted by molar-refractivity contribution is -0.0197. The molecule has 2 fully saturated rings. The molecule has 0 radical (unpaired) electrons. The minimum Gasteiger partial charge on any atom is -0.389 e. The van der Waals surface area contributed by atoms with Crippen LogP contribution in [0.1, 0.15) is 73.1 Å². The quantitative estimate of drug-likeness (QED) is 0.269. The van der Waals surface area contributed by atoms with Crippen LogP contribution in [0.3, 0.4) is 0 Å². The van der Waals surface area contributed by atoms with Crippen LogP contribution in [0.15, 0.2) is 51.8 Å². The second-order valence-corrected chi connectivity index (χ2v) is 12.9. The summed E-state index contributed by atoms with van der Waals surface area (Å²) in [6, 6.07) is 13.6. The van der Waals surface area contributed by atoms with E-state index < -0.39 is 5.60 Å². The van der Waals surface area contributed by atoms with Crippen LogP contribution in [0.25, 0.3) is 32.8 Å².